The fraction of sp³-hybridized carbons (Fsp3) is 0.714. The average molecular weight is 249 g/mol. The molecule has 2 rings (SSSR count). The van der Waals surface area contributed by atoms with Crippen molar-refractivity contribution in [1.29, 1.82) is 0 Å². The Labute approximate surface area is 109 Å². The lowest BCUT2D eigenvalue weighted by molar-refractivity contribution is 0.0534. The van der Waals surface area contributed by atoms with Crippen molar-refractivity contribution in [2.45, 2.75) is 58.5 Å². The maximum absolute atomic E-state index is 6.09. The van der Waals surface area contributed by atoms with Gasteiger partial charge in [-0.25, -0.2) is 9.97 Å². The number of fused-ring (bicyclic) bond motifs is 1. The summed E-state index contributed by atoms with van der Waals surface area (Å²) in [4.78, 5) is 9.17. The van der Waals surface area contributed by atoms with E-state index in [9.17, 15) is 0 Å². The van der Waals surface area contributed by atoms with Crippen LogP contribution in [-0.4, -0.2) is 16.6 Å². The minimum atomic E-state index is -0.0224. The van der Waals surface area contributed by atoms with Gasteiger partial charge in [-0.15, -0.1) is 0 Å². The maximum atomic E-state index is 6.09. The maximum Gasteiger partial charge on any atom is 0.159 e. The standard InChI is InChI=1S/C14H23N3O/c1-3-12(18-4-2)14-16-11-9-7-5-6-8-10(11)13(15)17-14/h12H,3-9H2,1-2H3,(H2,15,16,17). The number of aromatic nitrogens is 2. The second-order valence-electron chi connectivity index (χ2n) is 4.81. The van der Waals surface area contributed by atoms with Crippen molar-refractivity contribution >= 4 is 5.82 Å². The largest absolute Gasteiger partial charge is 0.383 e. The third kappa shape index (κ3) is 2.80. The third-order valence-corrected chi connectivity index (χ3v) is 3.51. The summed E-state index contributed by atoms with van der Waals surface area (Å²) in [5.41, 5.74) is 8.41. The predicted molar refractivity (Wildman–Crippen MR) is 72.4 cm³/mol. The van der Waals surface area contributed by atoms with Gasteiger partial charge in [-0.3, -0.25) is 0 Å². The molecule has 1 aliphatic carbocycles. The molecule has 0 saturated heterocycles. The van der Waals surface area contributed by atoms with Crippen LogP contribution in [0.4, 0.5) is 5.82 Å². The summed E-state index contributed by atoms with van der Waals surface area (Å²) in [5, 5.41) is 0. The van der Waals surface area contributed by atoms with Gasteiger partial charge in [0, 0.05) is 17.9 Å². The van der Waals surface area contributed by atoms with Gasteiger partial charge in [0.25, 0.3) is 0 Å². The molecule has 4 heteroatoms. The van der Waals surface area contributed by atoms with E-state index >= 15 is 0 Å². The molecule has 0 radical (unpaired) electrons. The highest BCUT2D eigenvalue weighted by Gasteiger charge is 2.19. The van der Waals surface area contributed by atoms with Crippen LogP contribution in [-0.2, 0) is 17.6 Å². The number of rotatable bonds is 4. The van der Waals surface area contributed by atoms with Crippen LogP contribution in [0.3, 0.4) is 0 Å². The number of hydrogen-bond donors (Lipinski definition) is 1. The fourth-order valence-corrected chi connectivity index (χ4v) is 2.54. The Bertz CT molecular complexity index is 406. The summed E-state index contributed by atoms with van der Waals surface area (Å²) >= 11 is 0. The summed E-state index contributed by atoms with van der Waals surface area (Å²) in [5.74, 6) is 1.42. The third-order valence-electron chi connectivity index (χ3n) is 3.51. The molecule has 0 saturated carbocycles. The van der Waals surface area contributed by atoms with Crippen molar-refractivity contribution in [3.63, 3.8) is 0 Å². The van der Waals surface area contributed by atoms with E-state index in [1.54, 1.807) is 0 Å². The summed E-state index contributed by atoms with van der Waals surface area (Å²) in [6.45, 7) is 4.76. The van der Waals surface area contributed by atoms with E-state index in [-0.39, 0.29) is 6.10 Å². The van der Waals surface area contributed by atoms with Crippen molar-refractivity contribution < 1.29 is 4.74 Å². The molecule has 1 heterocycles. The Morgan fingerprint density at radius 3 is 2.67 bits per heavy atom. The lowest BCUT2D eigenvalue weighted by Crippen LogP contribution is -2.13. The second kappa shape index (κ2) is 6.14. The van der Waals surface area contributed by atoms with E-state index in [0.717, 1.165) is 30.8 Å². The van der Waals surface area contributed by atoms with Crippen molar-refractivity contribution in [3.8, 4) is 0 Å². The van der Waals surface area contributed by atoms with E-state index in [0.29, 0.717) is 12.4 Å². The number of nitrogens with zero attached hydrogens (tertiary/aromatic N) is 2. The molecular formula is C14H23N3O. The van der Waals surface area contributed by atoms with Crippen molar-refractivity contribution in [2.75, 3.05) is 12.3 Å². The SMILES string of the molecule is CCOC(CC)c1nc(N)c2c(n1)CCCCC2. The van der Waals surface area contributed by atoms with Crippen LogP contribution in [0.1, 0.15) is 62.7 Å². The van der Waals surface area contributed by atoms with Gasteiger partial charge in [-0.05, 0) is 39.0 Å². The molecule has 4 nitrogen and oxygen atoms in total. The number of hydrogen-bond acceptors (Lipinski definition) is 4. The molecule has 0 spiro atoms. The van der Waals surface area contributed by atoms with Gasteiger partial charge in [0.1, 0.15) is 11.9 Å². The van der Waals surface area contributed by atoms with Gasteiger partial charge < -0.3 is 10.5 Å². The number of nitrogen functional groups attached to an aromatic ring is 1. The first kappa shape index (κ1) is 13.3. The molecule has 2 N–H and O–H groups in total. The Balaban J connectivity index is 2.33. The van der Waals surface area contributed by atoms with Gasteiger partial charge in [0.15, 0.2) is 5.82 Å². The van der Waals surface area contributed by atoms with Gasteiger partial charge in [-0.2, -0.15) is 0 Å². The van der Waals surface area contributed by atoms with Gasteiger partial charge in [0.05, 0.1) is 0 Å². The molecule has 1 aromatic heterocycles. The second-order valence-corrected chi connectivity index (χ2v) is 4.81. The van der Waals surface area contributed by atoms with Crippen LogP contribution in [0.25, 0.3) is 0 Å². The molecular weight excluding hydrogens is 226 g/mol. The summed E-state index contributed by atoms with van der Waals surface area (Å²) in [6.07, 6.45) is 6.56. The van der Waals surface area contributed by atoms with Crippen LogP contribution in [0.15, 0.2) is 0 Å². The van der Waals surface area contributed by atoms with Crippen molar-refractivity contribution in [1.82, 2.24) is 9.97 Å². The van der Waals surface area contributed by atoms with Gasteiger partial charge >= 0.3 is 0 Å². The lowest BCUT2D eigenvalue weighted by atomic mass is 10.1. The number of ether oxygens (including phenoxy) is 1. The molecule has 0 bridgehead atoms. The van der Waals surface area contributed by atoms with E-state index < -0.39 is 0 Å². The van der Waals surface area contributed by atoms with Crippen LogP contribution in [0, 0.1) is 0 Å². The first-order chi connectivity index (χ1) is 8.76. The van der Waals surface area contributed by atoms with Crippen LogP contribution in [0.2, 0.25) is 0 Å². The molecule has 1 atom stereocenters. The highest BCUT2D eigenvalue weighted by Crippen LogP contribution is 2.26. The van der Waals surface area contributed by atoms with Crippen molar-refractivity contribution in [2.24, 2.45) is 0 Å². The molecule has 100 valence electrons. The van der Waals surface area contributed by atoms with E-state index in [4.69, 9.17) is 15.5 Å². The summed E-state index contributed by atoms with van der Waals surface area (Å²) in [6, 6.07) is 0. The summed E-state index contributed by atoms with van der Waals surface area (Å²) in [7, 11) is 0. The zero-order chi connectivity index (χ0) is 13.0. The Morgan fingerprint density at radius 1 is 1.17 bits per heavy atom. The predicted octanol–water partition coefficient (Wildman–Crippen LogP) is 2.82. The lowest BCUT2D eigenvalue weighted by Gasteiger charge is -2.16. The zero-order valence-electron chi connectivity index (χ0n) is 11.4. The molecule has 1 unspecified atom stereocenters. The first-order valence-electron chi connectivity index (χ1n) is 7.03. The quantitative estimate of drug-likeness (QED) is 0.833. The first-order valence-corrected chi connectivity index (χ1v) is 7.03. The number of nitrogens with two attached hydrogens (primary N) is 1. The van der Waals surface area contributed by atoms with E-state index in [1.165, 1.54) is 24.8 Å². The molecule has 1 aliphatic rings. The van der Waals surface area contributed by atoms with Crippen LogP contribution in [0.5, 0.6) is 0 Å². The zero-order valence-corrected chi connectivity index (χ0v) is 11.4. The van der Waals surface area contributed by atoms with E-state index in [1.807, 2.05) is 6.92 Å². The Morgan fingerprint density at radius 2 is 1.94 bits per heavy atom. The van der Waals surface area contributed by atoms with Crippen LogP contribution >= 0.6 is 0 Å². The Hall–Kier alpha value is -1.16. The van der Waals surface area contributed by atoms with Gasteiger partial charge in [-0.1, -0.05) is 13.3 Å². The Kier molecular flexibility index (Phi) is 4.53. The minimum absolute atomic E-state index is 0.0224. The smallest absolute Gasteiger partial charge is 0.159 e. The monoisotopic (exact) mass is 249 g/mol. The highest BCUT2D eigenvalue weighted by molar-refractivity contribution is 5.43. The number of aryl methyl sites for hydroxylation is 1. The summed E-state index contributed by atoms with van der Waals surface area (Å²) < 4.78 is 5.67. The molecule has 0 aliphatic heterocycles. The van der Waals surface area contributed by atoms with Crippen molar-refractivity contribution in [3.05, 3.63) is 17.1 Å². The minimum Gasteiger partial charge on any atom is -0.383 e. The topological polar surface area (TPSA) is 61.0 Å². The fourth-order valence-electron chi connectivity index (χ4n) is 2.54. The van der Waals surface area contributed by atoms with Gasteiger partial charge in [0.2, 0.25) is 0 Å². The molecule has 0 fully saturated rings. The molecule has 18 heavy (non-hydrogen) atoms. The highest BCUT2D eigenvalue weighted by atomic mass is 16.5. The normalized spacial score (nSPS) is 17.0. The molecule has 0 amide bonds. The average Bonchev–Trinajstić information content (AvgIpc) is 2.61. The van der Waals surface area contributed by atoms with Crippen LogP contribution < -0.4 is 5.73 Å². The number of anilines is 1. The molecule has 0 aromatic carbocycles. The van der Waals surface area contributed by atoms with E-state index in [2.05, 4.69) is 11.9 Å². The molecule has 1 aromatic rings.